The lowest BCUT2D eigenvalue weighted by atomic mass is 10.2. The number of hydrogen-bond donors (Lipinski definition) is 2. The van der Waals surface area contributed by atoms with Gasteiger partial charge < -0.3 is 15.2 Å². The van der Waals surface area contributed by atoms with E-state index in [4.69, 9.17) is 4.52 Å². The maximum absolute atomic E-state index is 12.4. The highest BCUT2D eigenvalue weighted by Crippen LogP contribution is 2.24. The number of nitrogens with one attached hydrogen (secondary N) is 2. The smallest absolute Gasteiger partial charge is 0.255 e. The van der Waals surface area contributed by atoms with E-state index < -0.39 is 0 Å². The van der Waals surface area contributed by atoms with Gasteiger partial charge in [0.05, 0.1) is 5.69 Å². The Morgan fingerprint density at radius 3 is 2.67 bits per heavy atom. The standard InChI is InChI=1S/C17H15BrN4O2/c1-10-3-4-14(13(18)7-10)20-17(23)12-5-6-19-15(9-12)21-16-8-11(2)24-22-16/h3-9H,1-2H3,(H,20,23)(H,19,21,22). The second kappa shape index (κ2) is 6.84. The molecule has 0 unspecified atom stereocenters. The summed E-state index contributed by atoms with van der Waals surface area (Å²) in [6.45, 7) is 3.79. The fourth-order valence-corrected chi connectivity index (χ4v) is 2.71. The maximum atomic E-state index is 12.4. The molecule has 0 aliphatic rings. The van der Waals surface area contributed by atoms with Crippen molar-refractivity contribution in [1.29, 1.82) is 0 Å². The van der Waals surface area contributed by atoms with Gasteiger partial charge in [0.15, 0.2) is 5.82 Å². The molecule has 1 aromatic carbocycles. The van der Waals surface area contributed by atoms with E-state index in [-0.39, 0.29) is 5.91 Å². The molecular formula is C17H15BrN4O2. The largest absolute Gasteiger partial charge is 0.360 e. The SMILES string of the molecule is Cc1ccc(NC(=O)c2ccnc(Nc3cc(C)on3)c2)c(Br)c1. The van der Waals surface area contributed by atoms with Crippen LogP contribution >= 0.6 is 15.9 Å². The lowest BCUT2D eigenvalue weighted by Crippen LogP contribution is -2.13. The van der Waals surface area contributed by atoms with Crippen molar-refractivity contribution in [3.63, 3.8) is 0 Å². The van der Waals surface area contributed by atoms with Crippen LogP contribution in [0.3, 0.4) is 0 Å². The molecule has 2 aromatic heterocycles. The first-order valence-corrected chi connectivity index (χ1v) is 8.04. The van der Waals surface area contributed by atoms with Crippen molar-refractivity contribution in [3.8, 4) is 0 Å². The zero-order valence-electron chi connectivity index (χ0n) is 13.1. The van der Waals surface area contributed by atoms with E-state index in [1.807, 2.05) is 25.1 Å². The highest BCUT2D eigenvalue weighted by atomic mass is 79.9. The van der Waals surface area contributed by atoms with Gasteiger partial charge in [0, 0.05) is 22.3 Å². The number of carbonyl (C=O) groups is 1. The molecule has 6 nitrogen and oxygen atoms in total. The van der Waals surface area contributed by atoms with Gasteiger partial charge in [-0.3, -0.25) is 4.79 Å². The minimum absolute atomic E-state index is 0.221. The zero-order chi connectivity index (χ0) is 17.1. The Labute approximate surface area is 147 Å². The van der Waals surface area contributed by atoms with Crippen LogP contribution < -0.4 is 10.6 Å². The molecule has 0 aliphatic heterocycles. The highest BCUT2D eigenvalue weighted by Gasteiger charge is 2.10. The number of pyridine rings is 1. The third-order valence-corrected chi connectivity index (χ3v) is 3.94. The fraction of sp³-hybridized carbons (Fsp3) is 0.118. The van der Waals surface area contributed by atoms with Crippen LogP contribution in [0, 0.1) is 13.8 Å². The first-order chi connectivity index (χ1) is 11.5. The van der Waals surface area contributed by atoms with Crippen molar-refractivity contribution in [2.75, 3.05) is 10.6 Å². The van der Waals surface area contributed by atoms with E-state index in [2.05, 4.69) is 36.7 Å². The molecule has 0 saturated heterocycles. The lowest BCUT2D eigenvalue weighted by molar-refractivity contribution is 0.102. The molecule has 0 radical (unpaired) electrons. The van der Waals surface area contributed by atoms with Gasteiger partial charge in [-0.1, -0.05) is 11.2 Å². The van der Waals surface area contributed by atoms with Crippen molar-refractivity contribution in [2.45, 2.75) is 13.8 Å². The van der Waals surface area contributed by atoms with E-state index in [9.17, 15) is 4.79 Å². The molecule has 0 fully saturated rings. The average molecular weight is 387 g/mol. The molecule has 0 aliphatic carbocycles. The van der Waals surface area contributed by atoms with Gasteiger partial charge in [0.25, 0.3) is 5.91 Å². The van der Waals surface area contributed by atoms with Gasteiger partial charge >= 0.3 is 0 Å². The Balaban J connectivity index is 1.76. The third-order valence-electron chi connectivity index (χ3n) is 3.28. The van der Waals surface area contributed by atoms with E-state index in [0.717, 1.165) is 10.0 Å². The predicted molar refractivity (Wildman–Crippen MR) is 95.6 cm³/mol. The molecule has 0 saturated carbocycles. The minimum atomic E-state index is -0.221. The van der Waals surface area contributed by atoms with Crippen LogP contribution in [-0.4, -0.2) is 16.0 Å². The van der Waals surface area contributed by atoms with Crippen molar-refractivity contribution < 1.29 is 9.32 Å². The van der Waals surface area contributed by atoms with Crippen LogP contribution in [0.4, 0.5) is 17.3 Å². The summed E-state index contributed by atoms with van der Waals surface area (Å²) in [6.07, 6.45) is 1.56. The van der Waals surface area contributed by atoms with Crippen LogP contribution in [0.1, 0.15) is 21.7 Å². The van der Waals surface area contributed by atoms with Crippen LogP contribution in [0.25, 0.3) is 0 Å². The predicted octanol–water partition coefficient (Wildman–Crippen LogP) is 4.44. The van der Waals surface area contributed by atoms with Gasteiger partial charge in [-0.15, -0.1) is 0 Å². The summed E-state index contributed by atoms with van der Waals surface area (Å²) in [5.74, 6) is 1.52. The summed E-state index contributed by atoms with van der Waals surface area (Å²) in [6, 6.07) is 10.8. The van der Waals surface area contributed by atoms with Crippen molar-refractivity contribution in [1.82, 2.24) is 10.1 Å². The average Bonchev–Trinajstić information content (AvgIpc) is 2.95. The van der Waals surface area contributed by atoms with Crippen LogP contribution in [0.15, 0.2) is 51.6 Å². The number of amides is 1. The number of aryl methyl sites for hydroxylation is 2. The van der Waals surface area contributed by atoms with Gasteiger partial charge in [-0.05, 0) is 59.6 Å². The Bertz CT molecular complexity index is 892. The van der Waals surface area contributed by atoms with Crippen LogP contribution in [-0.2, 0) is 0 Å². The Kier molecular flexibility index (Phi) is 4.61. The van der Waals surface area contributed by atoms with E-state index >= 15 is 0 Å². The highest BCUT2D eigenvalue weighted by molar-refractivity contribution is 9.10. The summed E-state index contributed by atoms with van der Waals surface area (Å²) >= 11 is 3.45. The number of benzene rings is 1. The molecule has 0 spiro atoms. The normalized spacial score (nSPS) is 10.5. The van der Waals surface area contributed by atoms with Gasteiger partial charge in [0.2, 0.25) is 0 Å². The quantitative estimate of drug-likeness (QED) is 0.692. The van der Waals surface area contributed by atoms with E-state index in [1.165, 1.54) is 0 Å². The summed E-state index contributed by atoms with van der Waals surface area (Å²) in [5, 5.41) is 9.71. The van der Waals surface area contributed by atoms with E-state index in [0.29, 0.717) is 28.6 Å². The Hall–Kier alpha value is -2.67. The molecule has 1 amide bonds. The van der Waals surface area contributed by atoms with Crippen molar-refractivity contribution in [3.05, 3.63) is 64.0 Å². The Morgan fingerprint density at radius 2 is 1.96 bits per heavy atom. The molecule has 0 atom stereocenters. The molecule has 3 aromatic rings. The second-order valence-corrected chi connectivity index (χ2v) is 6.17. The van der Waals surface area contributed by atoms with Crippen LogP contribution in [0.5, 0.6) is 0 Å². The molecule has 0 bridgehead atoms. The Morgan fingerprint density at radius 1 is 1.12 bits per heavy atom. The monoisotopic (exact) mass is 386 g/mol. The van der Waals surface area contributed by atoms with Gasteiger partial charge in [-0.2, -0.15) is 0 Å². The molecule has 2 heterocycles. The molecule has 122 valence electrons. The number of nitrogens with zero attached hydrogens (tertiary/aromatic N) is 2. The number of anilines is 3. The number of halogens is 1. The lowest BCUT2D eigenvalue weighted by Gasteiger charge is -2.09. The first kappa shape index (κ1) is 16.2. The minimum Gasteiger partial charge on any atom is -0.360 e. The maximum Gasteiger partial charge on any atom is 0.255 e. The summed E-state index contributed by atoms with van der Waals surface area (Å²) in [4.78, 5) is 16.6. The third kappa shape index (κ3) is 3.80. The van der Waals surface area contributed by atoms with E-state index in [1.54, 1.807) is 31.3 Å². The summed E-state index contributed by atoms with van der Waals surface area (Å²) in [5.41, 5.74) is 2.31. The number of carbonyl (C=O) groups excluding carboxylic acids is 1. The molecule has 7 heteroatoms. The zero-order valence-corrected chi connectivity index (χ0v) is 14.7. The molecular weight excluding hydrogens is 372 g/mol. The summed E-state index contributed by atoms with van der Waals surface area (Å²) in [7, 11) is 0. The molecule has 2 N–H and O–H groups in total. The van der Waals surface area contributed by atoms with Crippen LogP contribution in [0.2, 0.25) is 0 Å². The second-order valence-electron chi connectivity index (χ2n) is 5.31. The van der Waals surface area contributed by atoms with Crippen molar-refractivity contribution >= 4 is 39.2 Å². The fourth-order valence-electron chi connectivity index (χ4n) is 2.11. The number of rotatable bonds is 4. The summed E-state index contributed by atoms with van der Waals surface area (Å²) < 4.78 is 5.83. The van der Waals surface area contributed by atoms with Gasteiger partial charge in [0.1, 0.15) is 11.6 Å². The number of hydrogen-bond acceptors (Lipinski definition) is 5. The topological polar surface area (TPSA) is 80.0 Å². The molecule has 3 rings (SSSR count). The molecule has 24 heavy (non-hydrogen) atoms. The van der Waals surface area contributed by atoms with Crippen molar-refractivity contribution in [2.24, 2.45) is 0 Å². The first-order valence-electron chi connectivity index (χ1n) is 7.25. The number of aromatic nitrogens is 2. The van der Waals surface area contributed by atoms with Gasteiger partial charge in [-0.25, -0.2) is 4.98 Å².